The van der Waals surface area contributed by atoms with Crippen LogP contribution in [0.4, 0.5) is 0 Å². The molecule has 5 atom stereocenters. The Morgan fingerprint density at radius 2 is 1.41 bits per heavy atom. The highest BCUT2D eigenvalue weighted by atomic mass is 16.8. The molecular formula is C14H19N3O10. The largest absolute Gasteiger partial charge is 0.463 e. The molecule has 0 amide bonds. The fourth-order valence-corrected chi connectivity index (χ4v) is 2.34. The molecule has 13 heteroatoms. The molecule has 150 valence electrons. The topological polar surface area (TPSA) is 172 Å². The van der Waals surface area contributed by atoms with Crippen LogP contribution >= 0.6 is 0 Å². The second kappa shape index (κ2) is 10.2. The Kier molecular flexibility index (Phi) is 8.30. The molecule has 0 aromatic heterocycles. The molecule has 1 aliphatic heterocycles. The zero-order chi connectivity index (χ0) is 20.6. The summed E-state index contributed by atoms with van der Waals surface area (Å²) in [6.45, 7) is 3.98. The van der Waals surface area contributed by atoms with Crippen molar-refractivity contribution in [3.63, 3.8) is 0 Å². The van der Waals surface area contributed by atoms with Crippen LogP contribution in [0.5, 0.6) is 0 Å². The first-order chi connectivity index (χ1) is 12.6. The Bertz CT molecular complexity index is 633. The lowest BCUT2D eigenvalue weighted by atomic mass is 9.98. The summed E-state index contributed by atoms with van der Waals surface area (Å²) in [4.78, 5) is 52.7. The molecule has 0 bridgehead atoms. The Morgan fingerprint density at radius 3 is 1.89 bits per heavy atom. The molecule has 0 aromatic rings. The molecule has 1 fully saturated rings. The Balaban J connectivity index is 3.28. The maximum Gasteiger partial charge on any atom is 0.303 e. The van der Waals surface area contributed by atoms with Crippen molar-refractivity contribution in [3.8, 4) is 0 Å². The Labute approximate surface area is 153 Å². The van der Waals surface area contributed by atoms with Crippen LogP contribution in [-0.2, 0) is 47.7 Å². The van der Waals surface area contributed by atoms with Crippen LogP contribution in [-0.4, -0.2) is 61.2 Å². The number of carbonyl (C=O) groups is 4. The smallest absolute Gasteiger partial charge is 0.303 e. The normalized spacial score (nSPS) is 26.7. The second-order valence-corrected chi connectivity index (χ2v) is 5.34. The monoisotopic (exact) mass is 389 g/mol. The second-order valence-electron chi connectivity index (χ2n) is 5.34. The van der Waals surface area contributed by atoms with Crippen molar-refractivity contribution in [1.29, 1.82) is 0 Å². The first-order valence-corrected chi connectivity index (χ1v) is 7.66. The van der Waals surface area contributed by atoms with Crippen LogP contribution in [0.15, 0.2) is 5.28 Å². The van der Waals surface area contributed by atoms with Crippen molar-refractivity contribution in [3.05, 3.63) is 10.4 Å². The number of ether oxygens (including phenoxy) is 5. The van der Waals surface area contributed by atoms with E-state index in [9.17, 15) is 19.2 Å². The molecule has 1 saturated heterocycles. The molecule has 1 aliphatic rings. The third-order valence-corrected chi connectivity index (χ3v) is 3.14. The molecule has 1 rings (SSSR count). The first kappa shape index (κ1) is 22.0. The third-order valence-electron chi connectivity index (χ3n) is 3.14. The van der Waals surface area contributed by atoms with Gasteiger partial charge in [-0.1, -0.05) is 0 Å². The number of carbonyl (C=O) groups excluding carboxylic acids is 4. The highest BCUT2D eigenvalue weighted by Gasteiger charge is 2.53. The Hall–Kier alpha value is -3.05. The minimum absolute atomic E-state index is 0.409. The lowest BCUT2D eigenvalue weighted by Gasteiger charge is -2.43. The number of hydrogen-bond donors (Lipinski definition) is 0. The minimum Gasteiger partial charge on any atom is -0.463 e. The van der Waals surface area contributed by atoms with Gasteiger partial charge in [0.15, 0.2) is 12.2 Å². The molecule has 27 heavy (non-hydrogen) atoms. The Morgan fingerprint density at radius 1 is 0.889 bits per heavy atom. The van der Waals surface area contributed by atoms with Gasteiger partial charge in [-0.05, 0) is 5.53 Å². The molecule has 0 N–H and O–H groups in total. The van der Waals surface area contributed by atoms with E-state index in [1.807, 2.05) is 0 Å². The van der Waals surface area contributed by atoms with Gasteiger partial charge in [-0.25, -0.2) is 0 Å². The molecule has 1 heterocycles. The van der Waals surface area contributed by atoms with Crippen LogP contribution in [0.25, 0.3) is 10.4 Å². The van der Waals surface area contributed by atoms with Crippen LogP contribution in [0.2, 0.25) is 0 Å². The number of azide groups is 1. The molecule has 0 radical (unpaired) electrons. The first-order valence-electron chi connectivity index (χ1n) is 7.66. The van der Waals surface area contributed by atoms with E-state index in [0.29, 0.717) is 0 Å². The van der Waals surface area contributed by atoms with Crippen LogP contribution in [0, 0.1) is 0 Å². The van der Waals surface area contributed by atoms with Crippen molar-refractivity contribution >= 4 is 23.9 Å². The van der Waals surface area contributed by atoms with Crippen molar-refractivity contribution in [2.45, 2.75) is 58.4 Å². The zero-order valence-electron chi connectivity index (χ0n) is 15.0. The van der Waals surface area contributed by atoms with Crippen LogP contribution in [0.3, 0.4) is 0 Å². The van der Waals surface area contributed by atoms with E-state index < -0.39 is 61.2 Å². The van der Waals surface area contributed by atoms with E-state index in [0.717, 1.165) is 27.7 Å². The summed E-state index contributed by atoms with van der Waals surface area (Å²) in [5.41, 5.74) is 8.44. The van der Waals surface area contributed by atoms with Crippen LogP contribution < -0.4 is 0 Å². The SMILES string of the molecule is CC(=O)OC[C@H]1O[C@@H](ON=[N+]=[N-])[C@H](OC(C)=O)[C@@H](OC(C)=O)[C@@H]1OC(C)=O. The average Bonchev–Trinajstić information content (AvgIpc) is 2.54. The molecule has 0 aromatic carbocycles. The van der Waals surface area contributed by atoms with Gasteiger partial charge < -0.3 is 28.5 Å². The molecule has 0 unspecified atom stereocenters. The summed E-state index contributed by atoms with van der Waals surface area (Å²) in [5.74, 6) is -3.00. The van der Waals surface area contributed by atoms with Gasteiger partial charge >= 0.3 is 23.9 Å². The van der Waals surface area contributed by atoms with Gasteiger partial charge in [-0.15, -0.1) is 0 Å². The number of hydrogen-bond acceptors (Lipinski definition) is 11. The fraction of sp³-hybridized carbons (Fsp3) is 0.714. The average molecular weight is 389 g/mol. The minimum atomic E-state index is -1.53. The van der Waals surface area contributed by atoms with Gasteiger partial charge in [0.2, 0.25) is 12.4 Å². The summed E-state index contributed by atoms with van der Waals surface area (Å²) in [5, 5.41) is 2.89. The van der Waals surface area contributed by atoms with Crippen molar-refractivity contribution < 1.29 is 47.7 Å². The van der Waals surface area contributed by atoms with E-state index in [4.69, 9.17) is 34.1 Å². The summed E-state index contributed by atoms with van der Waals surface area (Å²) in [6.07, 6.45) is -6.83. The summed E-state index contributed by atoms with van der Waals surface area (Å²) in [7, 11) is 0. The van der Waals surface area contributed by atoms with E-state index in [-0.39, 0.29) is 0 Å². The van der Waals surface area contributed by atoms with Gasteiger partial charge in [0.25, 0.3) is 0 Å². The predicted molar refractivity (Wildman–Crippen MR) is 82.2 cm³/mol. The zero-order valence-corrected chi connectivity index (χ0v) is 15.0. The lowest BCUT2D eigenvalue weighted by Crippen LogP contribution is -2.62. The summed E-state index contributed by atoms with van der Waals surface area (Å²) >= 11 is 0. The molecule has 0 aliphatic carbocycles. The summed E-state index contributed by atoms with van der Waals surface area (Å²) < 4.78 is 25.6. The predicted octanol–water partition coefficient (Wildman–Crippen LogP) is 0.311. The van der Waals surface area contributed by atoms with Gasteiger partial charge in [0, 0.05) is 32.6 Å². The molecular weight excluding hydrogens is 370 g/mol. The summed E-state index contributed by atoms with van der Waals surface area (Å²) in [6, 6.07) is 0. The van der Waals surface area contributed by atoms with E-state index in [1.54, 1.807) is 0 Å². The lowest BCUT2D eigenvalue weighted by molar-refractivity contribution is -0.309. The standard InChI is InChI=1S/C14H19N3O10/c1-6(18)22-5-10-11(23-7(2)19)12(24-8(3)20)13(25-9(4)21)14(26-10)27-17-16-15/h10-14H,5H2,1-4H3/t10-,11-,12+,13-,14+/m1/s1. The van der Waals surface area contributed by atoms with E-state index in [2.05, 4.69) is 10.2 Å². The molecule has 0 spiro atoms. The van der Waals surface area contributed by atoms with Gasteiger partial charge in [0.1, 0.15) is 18.0 Å². The van der Waals surface area contributed by atoms with Gasteiger partial charge in [0.05, 0.1) is 0 Å². The van der Waals surface area contributed by atoms with Crippen molar-refractivity contribution in [1.82, 2.24) is 0 Å². The van der Waals surface area contributed by atoms with E-state index in [1.165, 1.54) is 0 Å². The molecule has 13 nitrogen and oxygen atoms in total. The quantitative estimate of drug-likeness (QED) is 0.147. The highest BCUT2D eigenvalue weighted by molar-refractivity contribution is 5.68. The number of esters is 4. The van der Waals surface area contributed by atoms with Crippen molar-refractivity contribution in [2.75, 3.05) is 6.61 Å². The number of nitrogens with zero attached hydrogens (tertiary/aromatic N) is 3. The maximum absolute atomic E-state index is 11.5. The third kappa shape index (κ3) is 6.99. The van der Waals surface area contributed by atoms with Gasteiger partial charge in [-0.2, -0.15) is 0 Å². The van der Waals surface area contributed by atoms with Crippen molar-refractivity contribution in [2.24, 2.45) is 5.28 Å². The van der Waals surface area contributed by atoms with E-state index >= 15 is 0 Å². The fourth-order valence-electron chi connectivity index (χ4n) is 2.34. The maximum atomic E-state index is 11.5. The molecule has 0 saturated carbocycles. The highest BCUT2D eigenvalue weighted by Crippen LogP contribution is 2.30. The van der Waals surface area contributed by atoms with Crippen LogP contribution in [0.1, 0.15) is 27.7 Å². The number of rotatable bonds is 7. The van der Waals surface area contributed by atoms with Gasteiger partial charge in [-0.3, -0.25) is 19.2 Å².